The number of aliphatic imine (C=N–C) groups is 1. The van der Waals surface area contributed by atoms with Crippen molar-refractivity contribution in [2.75, 3.05) is 14.1 Å². The summed E-state index contributed by atoms with van der Waals surface area (Å²) in [6.07, 6.45) is 5.56. The summed E-state index contributed by atoms with van der Waals surface area (Å²) in [6.45, 7) is 1.79. The molecular formula is C8H13N3O. The van der Waals surface area contributed by atoms with Crippen molar-refractivity contribution in [3.8, 4) is 12.3 Å². The molecule has 0 amide bonds. The fraction of sp³-hybridized carbons (Fsp3) is 0.500. The molecule has 0 aliphatic rings. The molecule has 4 heteroatoms. The molecule has 0 saturated heterocycles. The molecule has 0 aromatic heterocycles. The van der Waals surface area contributed by atoms with E-state index in [2.05, 4.69) is 21.4 Å². The molecule has 12 heavy (non-hydrogen) atoms. The second-order valence-electron chi connectivity index (χ2n) is 2.08. The van der Waals surface area contributed by atoms with E-state index < -0.39 is 0 Å². The Bertz CT molecular complexity index is 225. The Morgan fingerprint density at radius 3 is 2.75 bits per heavy atom. The first kappa shape index (κ1) is 10.5. The van der Waals surface area contributed by atoms with Gasteiger partial charge in [0.25, 0.3) is 0 Å². The van der Waals surface area contributed by atoms with Crippen LogP contribution in [0.25, 0.3) is 0 Å². The maximum absolute atomic E-state index is 5.07. The summed E-state index contributed by atoms with van der Waals surface area (Å²) in [5.41, 5.74) is 0.744. The summed E-state index contributed by atoms with van der Waals surface area (Å²) in [4.78, 5) is 8.65. The van der Waals surface area contributed by atoms with E-state index in [1.807, 2.05) is 0 Å². The Morgan fingerprint density at radius 1 is 1.67 bits per heavy atom. The number of nitrogens with zero attached hydrogens (tertiary/aromatic N) is 2. The Hall–Kier alpha value is -1.50. The summed E-state index contributed by atoms with van der Waals surface area (Å²) in [5, 5.41) is 6.45. The molecule has 0 spiro atoms. The molecule has 0 atom stereocenters. The fourth-order valence-electron chi connectivity index (χ4n) is 0.499. The van der Waals surface area contributed by atoms with Gasteiger partial charge in [-0.25, -0.2) is 4.99 Å². The zero-order chi connectivity index (χ0) is 9.40. The van der Waals surface area contributed by atoms with Crippen LogP contribution in [0, 0.1) is 12.3 Å². The van der Waals surface area contributed by atoms with E-state index in [4.69, 9.17) is 11.3 Å². The van der Waals surface area contributed by atoms with Gasteiger partial charge in [-0.2, -0.15) is 0 Å². The highest BCUT2D eigenvalue weighted by atomic mass is 16.6. The van der Waals surface area contributed by atoms with Gasteiger partial charge in [-0.3, -0.25) is 0 Å². The predicted molar refractivity (Wildman–Crippen MR) is 50.1 cm³/mol. The highest BCUT2D eigenvalue weighted by Crippen LogP contribution is 1.86. The first-order valence-electron chi connectivity index (χ1n) is 3.53. The molecule has 0 rings (SSSR count). The Balaban J connectivity index is 3.95. The smallest absolute Gasteiger partial charge is 0.314 e. The second kappa shape index (κ2) is 6.23. The van der Waals surface area contributed by atoms with Crippen molar-refractivity contribution >= 4 is 11.7 Å². The van der Waals surface area contributed by atoms with Crippen LogP contribution < -0.4 is 5.32 Å². The average molecular weight is 167 g/mol. The van der Waals surface area contributed by atoms with Crippen molar-refractivity contribution in [1.82, 2.24) is 5.32 Å². The van der Waals surface area contributed by atoms with Crippen LogP contribution in [-0.2, 0) is 4.84 Å². The third kappa shape index (κ3) is 4.34. The number of hydrogen-bond acceptors (Lipinski definition) is 3. The number of nitrogens with one attached hydrogen (secondary N) is 1. The van der Waals surface area contributed by atoms with Crippen molar-refractivity contribution in [3.05, 3.63) is 0 Å². The molecule has 0 radical (unpaired) electrons. The second-order valence-corrected chi connectivity index (χ2v) is 2.08. The van der Waals surface area contributed by atoms with Crippen LogP contribution >= 0.6 is 0 Å². The monoisotopic (exact) mass is 167 g/mol. The summed E-state index contributed by atoms with van der Waals surface area (Å²) in [5.74, 6) is 2.46. The van der Waals surface area contributed by atoms with Gasteiger partial charge in [0, 0.05) is 14.1 Å². The van der Waals surface area contributed by atoms with E-state index in [0.29, 0.717) is 12.4 Å². The quantitative estimate of drug-likeness (QED) is 0.283. The molecule has 0 aromatic carbocycles. The SMILES string of the molecule is C#CCC(C)=NOC(=NC)NC. The zero-order valence-corrected chi connectivity index (χ0v) is 7.59. The van der Waals surface area contributed by atoms with Gasteiger partial charge in [-0.05, 0) is 6.92 Å². The topological polar surface area (TPSA) is 46.0 Å². The lowest BCUT2D eigenvalue weighted by molar-refractivity contribution is 0.312. The Morgan fingerprint density at radius 2 is 2.33 bits per heavy atom. The highest BCUT2D eigenvalue weighted by molar-refractivity contribution is 5.84. The molecule has 0 saturated carbocycles. The van der Waals surface area contributed by atoms with Gasteiger partial charge in [-0.1, -0.05) is 5.16 Å². The molecule has 0 bridgehead atoms. The third-order valence-corrected chi connectivity index (χ3v) is 1.06. The minimum atomic E-state index is 0.367. The molecule has 0 unspecified atom stereocenters. The van der Waals surface area contributed by atoms with Gasteiger partial charge in [0.05, 0.1) is 12.1 Å². The Labute approximate surface area is 72.7 Å². The number of terminal acetylenes is 1. The molecule has 0 aliphatic heterocycles. The van der Waals surface area contributed by atoms with Gasteiger partial charge in [0.1, 0.15) is 0 Å². The highest BCUT2D eigenvalue weighted by Gasteiger charge is 1.93. The molecule has 1 N–H and O–H groups in total. The predicted octanol–water partition coefficient (Wildman–Crippen LogP) is 0.607. The normalized spacial score (nSPS) is 12.2. The van der Waals surface area contributed by atoms with Crippen LogP contribution in [0.4, 0.5) is 0 Å². The van der Waals surface area contributed by atoms with Gasteiger partial charge in [-0.15, -0.1) is 12.3 Å². The van der Waals surface area contributed by atoms with Crippen LogP contribution in [0.15, 0.2) is 10.1 Å². The number of amidine groups is 1. The van der Waals surface area contributed by atoms with Crippen LogP contribution in [0.1, 0.15) is 13.3 Å². The average Bonchev–Trinajstić information content (AvgIpc) is 2.07. The Kier molecular flexibility index (Phi) is 5.45. The van der Waals surface area contributed by atoms with Crippen LogP contribution in [-0.4, -0.2) is 25.8 Å². The van der Waals surface area contributed by atoms with Crippen molar-refractivity contribution < 1.29 is 4.84 Å². The van der Waals surface area contributed by atoms with Gasteiger partial charge < -0.3 is 10.2 Å². The minimum Gasteiger partial charge on any atom is -0.341 e. The molecular weight excluding hydrogens is 154 g/mol. The lowest BCUT2D eigenvalue weighted by Crippen LogP contribution is -2.19. The van der Waals surface area contributed by atoms with E-state index in [1.54, 1.807) is 21.0 Å². The molecule has 0 aliphatic carbocycles. The maximum atomic E-state index is 5.07. The number of oxime groups is 1. The molecule has 0 fully saturated rings. The summed E-state index contributed by atoms with van der Waals surface area (Å²) >= 11 is 0. The van der Waals surface area contributed by atoms with E-state index >= 15 is 0 Å². The molecule has 66 valence electrons. The molecule has 0 aromatic rings. The minimum absolute atomic E-state index is 0.367. The first-order chi connectivity index (χ1) is 5.74. The largest absolute Gasteiger partial charge is 0.341 e. The molecule has 4 nitrogen and oxygen atoms in total. The third-order valence-electron chi connectivity index (χ3n) is 1.06. The maximum Gasteiger partial charge on any atom is 0.314 e. The van der Waals surface area contributed by atoms with E-state index in [9.17, 15) is 0 Å². The van der Waals surface area contributed by atoms with Gasteiger partial charge in [0.2, 0.25) is 0 Å². The first-order valence-corrected chi connectivity index (χ1v) is 3.53. The zero-order valence-electron chi connectivity index (χ0n) is 7.59. The van der Waals surface area contributed by atoms with Crippen molar-refractivity contribution in [1.29, 1.82) is 0 Å². The molecule has 0 heterocycles. The van der Waals surface area contributed by atoms with E-state index in [0.717, 1.165) is 5.71 Å². The van der Waals surface area contributed by atoms with Crippen LogP contribution in [0.2, 0.25) is 0 Å². The van der Waals surface area contributed by atoms with Crippen molar-refractivity contribution in [2.24, 2.45) is 10.1 Å². The van der Waals surface area contributed by atoms with E-state index in [-0.39, 0.29) is 0 Å². The summed E-state index contributed by atoms with van der Waals surface area (Å²) in [7, 11) is 3.31. The van der Waals surface area contributed by atoms with Crippen LogP contribution in [0.3, 0.4) is 0 Å². The standard InChI is InChI=1S/C8H13N3O/c1-5-6-7(2)11-12-8(9-3)10-4/h1H,6H2,2-4H3,(H,9,10). The van der Waals surface area contributed by atoms with Crippen molar-refractivity contribution in [2.45, 2.75) is 13.3 Å². The van der Waals surface area contributed by atoms with E-state index in [1.165, 1.54) is 0 Å². The number of rotatable bonds is 2. The summed E-state index contributed by atoms with van der Waals surface area (Å²) < 4.78 is 0. The van der Waals surface area contributed by atoms with Crippen molar-refractivity contribution in [3.63, 3.8) is 0 Å². The summed E-state index contributed by atoms with van der Waals surface area (Å²) in [6, 6.07) is 0.367. The van der Waals surface area contributed by atoms with Crippen LogP contribution in [0.5, 0.6) is 0 Å². The van der Waals surface area contributed by atoms with Gasteiger partial charge >= 0.3 is 6.02 Å². The van der Waals surface area contributed by atoms with Gasteiger partial charge in [0.15, 0.2) is 0 Å². The fourth-order valence-corrected chi connectivity index (χ4v) is 0.499. The number of hydrogen-bond donors (Lipinski definition) is 1. The lowest BCUT2D eigenvalue weighted by Gasteiger charge is -2.00. The lowest BCUT2D eigenvalue weighted by atomic mass is 10.3.